The van der Waals surface area contributed by atoms with Crippen molar-refractivity contribution in [2.24, 2.45) is 5.73 Å². The lowest BCUT2D eigenvalue weighted by molar-refractivity contribution is -0.116. The van der Waals surface area contributed by atoms with Gasteiger partial charge in [0.2, 0.25) is 0 Å². The molecule has 0 aliphatic heterocycles. The lowest BCUT2D eigenvalue weighted by Crippen LogP contribution is -2.26. The van der Waals surface area contributed by atoms with Gasteiger partial charge in [-0.2, -0.15) is 0 Å². The van der Waals surface area contributed by atoms with Crippen LogP contribution in [-0.4, -0.2) is 28.8 Å². The molecule has 4 nitrogen and oxygen atoms in total. The predicted octanol–water partition coefficient (Wildman–Crippen LogP) is 6.85. The number of carbonyl (C=O) groups is 2. The Balaban J connectivity index is 2.55. The van der Waals surface area contributed by atoms with E-state index in [9.17, 15) is 14.7 Å². The van der Waals surface area contributed by atoms with Crippen molar-refractivity contribution in [3.63, 3.8) is 0 Å². The summed E-state index contributed by atoms with van der Waals surface area (Å²) in [5.74, 6) is -0.0962. The zero-order valence-corrected chi connectivity index (χ0v) is 22.6. The minimum atomic E-state index is -0.873. The number of carbonyl (C=O) groups excluding carboxylic acids is 2. The van der Waals surface area contributed by atoms with Crippen LogP contribution in [-0.2, 0) is 9.59 Å². The second kappa shape index (κ2) is 14.4. The number of aliphatic hydroxyl groups is 1. The van der Waals surface area contributed by atoms with Gasteiger partial charge in [-0.05, 0) is 99.3 Å². The Hall–Kier alpha value is -2.04. The monoisotopic (exact) mass is 469 g/mol. The molecule has 0 saturated carbocycles. The third-order valence-corrected chi connectivity index (χ3v) is 7.11. The molecule has 0 saturated heterocycles. The molecule has 1 aliphatic rings. The molecule has 190 valence electrons. The topological polar surface area (TPSA) is 80.4 Å². The van der Waals surface area contributed by atoms with E-state index in [0.717, 1.165) is 38.5 Å². The summed E-state index contributed by atoms with van der Waals surface area (Å²) in [7, 11) is 0. The maximum absolute atomic E-state index is 12.6. The van der Waals surface area contributed by atoms with Crippen molar-refractivity contribution >= 4 is 11.6 Å². The Morgan fingerprint density at radius 1 is 0.853 bits per heavy atom. The molecule has 0 bridgehead atoms. The van der Waals surface area contributed by atoms with Gasteiger partial charge in [0.05, 0.1) is 5.60 Å². The van der Waals surface area contributed by atoms with Gasteiger partial charge in [0.1, 0.15) is 0 Å². The van der Waals surface area contributed by atoms with Crippen molar-refractivity contribution in [3.8, 4) is 0 Å². The molecule has 0 heterocycles. The van der Waals surface area contributed by atoms with Gasteiger partial charge in [0.25, 0.3) is 0 Å². The molecule has 4 heteroatoms. The third kappa shape index (κ3) is 9.68. The maximum Gasteiger partial charge on any atom is 0.185 e. The lowest BCUT2D eigenvalue weighted by Gasteiger charge is -2.25. The van der Waals surface area contributed by atoms with Gasteiger partial charge in [-0.1, -0.05) is 41.9 Å². The summed E-state index contributed by atoms with van der Waals surface area (Å²) in [5, 5.41) is 10.9. The molecule has 0 amide bonds. The molecule has 3 N–H and O–H groups in total. The third-order valence-electron chi connectivity index (χ3n) is 7.11. The number of nitrogens with two attached hydrogens (primary N) is 1. The highest BCUT2D eigenvalue weighted by atomic mass is 16.3. The van der Waals surface area contributed by atoms with Crippen LogP contribution in [0.25, 0.3) is 0 Å². The van der Waals surface area contributed by atoms with E-state index in [-0.39, 0.29) is 11.6 Å². The molecule has 34 heavy (non-hydrogen) atoms. The molecule has 1 aliphatic carbocycles. The first-order valence-electron chi connectivity index (χ1n) is 12.8. The number of hydrogen-bond acceptors (Lipinski definition) is 4. The molecule has 1 atom stereocenters. The Kier molecular flexibility index (Phi) is 12.7. The van der Waals surface area contributed by atoms with Gasteiger partial charge in [0, 0.05) is 28.8 Å². The summed E-state index contributed by atoms with van der Waals surface area (Å²) < 4.78 is 0. The van der Waals surface area contributed by atoms with E-state index in [0.29, 0.717) is 48.1 Å². The SMILES string of the molecule is CC/C(=C\CCC(C)(O)CCC1=C(C)C(=O)C(C)=C(C)C1=O)CC/C=C(\C)CC/C=C(\C)CN. The van der Waals surface area contributed by atoms with Crippen LogP contribution in [0.5, 0.6) is 0 Å². The van der Waals surface area contributed by atoms with Crippen molar-refractivity contribution in [1.82, 2.24) is 0 Å². The van der Waals surface area contributed by atoms with Gasteiger partial charge < -0.3 is 10.8 Å². The Morgan fingerprint density at radius 2 is 1.44 bits per heavy atom. The van der Waals surface area contributed by atoms with Crippen LogP contribution in [0.3, 0.4) is 0 Å². The smallest absolute Gasteiger partial charge is 0.185 e. The molecule has 0 aromatic carbocycles. The molecule has 0 spiro atoms. The van der Waals surface area contributed by atoms with E-state index in [1.807, 2.05) is 6.92 Å². The molecule has 1 unspecified atom stereocenters. The van der Waals surface area contributed by atoms with Crippen LogP contribution < -0.4 is 5.73 Å². The average Bonchev–Trinajstić information content (AvgIpc) is 2.80. The fourth-order valence-corrected chi connectivity index (χ4v) is 4.22. The minimum Gasteiger partial charge on any atom is -0.390 e. The van der Waals surface area contributed by atoms with E-state index in [1.54, 1.807) is 20.8 Å². The van der Waals surface area contributed by atoms with Crippen molar-refractivity contribution in [2.75, 3.05) is 6.54 Å². The van der Waals surface area contributed by atoms with Gasteiger partial charge in [-0.3, -0.25) is 9.59 Å². The van der Waals surface area contributed by atoms with Crippen LogP contribution >= 0.6 is 0 Å². The fourth-order valence-electron chi connectivity index (χ4n) is 4.22. The van der Waals surface area contributed by atoms with Crippen LogP contribution in [0.15, 0.2) is 57.2 Å². The predicted molar refractivity (Wildman–Crippen MR) is 144 cm³/mol. The first kappa shape index (κ1) is 30.0. The second-order valence-corrected chi connectivity index (χ2v) is 10.1. The summed E-state index contributed by atoms with van der Waals surface area (Å²) in [6, 6.07) is 0. The number of Topliss-reactive ketones (excluding diaryl/α,β-unsaturated/α-hetero) is 2. The Morgan fingerprint density at radius 3 is 2.06 bits per heavy atom. The van der Waals surface area contributed by atoms with Gasteiger partial charge in [-0.15, -0.1) is 0 Å². The van der Waals surface area contributed by atoms with E-state index in [1.165, 1.54) is 16.7 Å². The first-order chi connectivity index (χ1) is 15.9. The molecule has 0 aromatic rings. The van der Waals surface area contributed by atoms with Gasteiger partial charge in [-0.25, -0.2) is 0 Å². The quantitative estimate of drug-likeness (QED) is 0.215. The zero-order valence-electron chi connectivity index (χ0n) is 22.6. The number of allylic oxidation sites excluding steroid dienone is 9. The molecule has 0 fully saturated rings. The second-order valence-electron chi connectivity index (χ2n) is 10.1. The maximum atomic E-state index is 12.6. The Labute approximate surface area is 207 Å². The summed E-state index contributed by atoms with van der Waals surface area (Å²) in [5.41, 5.74) is 11.0. The lowest BCUT2D eigenvalue weighted by atomic mass is 9.82. The van der Waals surface area contributed by atoms with E-state index >= 15 is 0 Å². The summed E-state index contributed by atoms with van der Waals surface area (Å²) in [6.07, 6.45) is 14.4. The molecular weight excluding hydrogens is 422 g/mol. The summed E-state index contributed by atoms with van der Waals surface area (Å²) in [6.45, 7) is 14.1. The van der Waals surface area contributed by atoms with Crippen LogP contribution in [0.2, 0.25) is 0 Å². The van der Waals surface area contributed by atoms with Crippen molar-refractivity contribution in [3.05, 3.63) is 57.2 Å². The fraction of sp³-hybridized carbons (Fsp3) is 0.600. The highest BCUT2D eigenvalue weighted by Gasteiger charge is 2.29. The molecule has 0 radical (unpaired) electrons. The first-order valence-corrected chi connectivity index (χ1v) is 12.8. The minimum absolute atomic E-state index is 0.0475. The average molecular weight is 470 g/mol. The van der Waals surface area contributed by atoms with Gasteiger partial charge in [0.15, 0.2) is 11.6 Å². The summed E-state index contributed by atoms with van der Waals surface area (Å²) >= 11 is 0. The van der Waals surface area contributed by atoms with Crippen molar-refractivity contribution < 1.29 is 14.7 Å². The molecule has 1 rings (SSSR count). The standard InChI is InChI=1S/C30H47NO3/c1-8-26(15-10-13-21(2)12-9-14-22(3)20-31)16-11-18-30(7,34)19-17-27-25(6)28(32)23(4)24(5)29(27)33/h13-14,16,34H,8-12,15,17-20,31H2,1-7H3/b21-13+,22-14+,26-16+. The highest BCUT2D eigenvalue weighted by molar-refractivity contribution is 6.24. The molecular formula is C30H47NO3. The van der Waals surface area contributed by atoms with E-state index in [4.69, 9.17) is 5.73 Å². The summed E-state index contributed by atoms with van der Waals surface area (Å²) in [4.78, 5) is 25.0. The molecule has 0 aromatic heterocycles. The van der Waals surface area contributed by atoms with Crippen molar-refractivity contribution in [2.45, 2.75) is 112 Å². The van der Waals surface area contributed by atoms with E-state index < -0.39 is 5.60 Å². The Bertz CT molecular complexity index is 894. The normalized spacial score (nSPS) is 18.2. The van der Waals surface area contributed by atoms with Gasteiger partial charge >= 0.3 is 0 Å². The number of rotatable bonds is 14. The van der Waals surface area contributed by atoms with Crippen LogP contribution in [0.1, 0.15) is 106 Å². The number of ketones is 2. The van der Waals surface area contributed by atoms with Crippen molar-refractivity contribution in [1.29, 1.82) is 0 Å². The number of hydrogen-bond donors (Lipinski definition) is 2. The van der Waals surface area contributed by atoms with Crippen LogP contribution in [0, 0.1) is 0 Å². The van der Waals surface area contributed by atoms with Crippen LogP contribution in [0.4, 0.5) is 0 Å². The highest BCUT2D eigenvalue weighted by Crippen LogP contribution is 2.30. The zero-order chi connectivity index (χ0) is 25.9. The van der Waals surface area contributed by atoms with E-state index in [2.05, 4.69) is 39.0 Å². The largest absolute Gasteiger partial charge is 0.390 e.